The van der Waals surface area contributed by atoms with Crippen molar-refractivity contribution in [2.24, 2.45) is 5.92 Å². The Labute approximate surface area is 136 Å². The Bertz CT molecular complexity index is 528. The molecule has 1 amide bonds. The SMILES string of the molecule is CCCN(C(=S)NC(C)=O)C(CC1CC1)c1ccc(F)cc1. The zero-order chi connectivity index (χ0) is 16.1. The van der Waals surface area contributed by atoms with E-state index < -0.39 is 0 Å². The van der Waals surface area contributed by atoms with Gasteiger partial charge in [0, 0.05) is 13.5 Å². The molecule has 2 rings (SSSR count). The molecule has 0 heterocycles. The van der Waals surface area contributed by atoms with E-state index in [1.807, 2.05) is 12.1 Å². The van der Waals surface area contributed by atoms with Gasteiger partial charge in [-0.1, -0.05) is 31.9 Å². The molecule has 1 aromatic rings. The predicted octanol–water partition coefficient (Wildman–Crippen LogP) is 3.80. The summed E-state index contributed by atoms with van der Waals surface area (Å²) in [6.45, 7) is 4.32. The summed E-state index contributed by atoms with van der Waals surface area (Å²) < 4.78 is 13.2. The van der Waals surface area contributed by atoms with Crippen LogP contribution in [0.4, 0.5) is 4.39 Å². The Kier molecular flexibility index (Phi) is 5.89. The van der Waals surface area contributed by atoms with Gasteiger partial charge < -0.3 is 10.2 Å². The lowest BCUT2D eigenvalue weighted by atomic mass is 9.99. The van der Waals surface area contributed by atoms with E-state index in [1.54, 1.807) is 0 Å². The molecule has 0 radical (unpaired) electrons. The molecule has 0 aliphatic heterocycles. The lowest BCUT2D eigenvalue weighted by Crippen LogP contribution is -2.44. The van der Waals surface area contributed by atoms with Crippen LogP contribution in [0.2, 0.25) is 0 Å². The van der Waals surface area contributed by atoms with Crippen molar-refractivity contribution in [2.75, 3.05) is 6.54 Å². The molecular weight excluding hydrogens is 299 g/mol. The van der Waals surface area contributed by atoms with Crippen molar-refractivity contribution < 1.29 is 9.18 Å². The van der Waals surface area contributed by atoms with Crippen molar-refractivity contribution >= 4 is 23.2 Å². The van der Waals surface area contributed by atoms with Gasteiger partial charge in [-0.3, -0.25) is 4.79 Å². The third-order valence-corrected chi connectivity index (χ3v) is 4.23. The molecule has 0 aromatic heterocycles. The van der Waals surface area contributed by atoms with E-state index in [0.717, 1.165) is 24.9 Å². The molecule has 3 nitrogen and oxygen atoms in total. The van der Waals surface area contributed by atoms with Crippen LogP contribution in [-0.2, 0) is 4.79 Å². The minimum Gasteiger partial charge on any atom is -0.342 e. The van der Waals surface area contributed by atoms with E-state index in [1.165, 1.54) is 31.9 Å². The number of nitrogens with zero attached hydrogens (tertiary/aromatic N) is 1. The number of thiocarbonyl (C=S) groups is 1. The molecule has 1 fully saturated rings. The molecule has 5 heteroatoms. The molecule has 1 aliphatic carbocycles. The zero-order valence-corrected chi connectivity index (χ0v) is 14.0. The van der Waals surface area contributed by atoms with Gasteiger partial charge in [-0.2, -0.15) is 0 Å². The summed E-state index contributed by atoms with van der Waals surface area (Å²) >= 11 is 5.41. The predicted molar refractivity (Wildman–Crippen MR) is 89.9 cm³/mol. The van der Waals surface area contributed by atoms with Crippen LogP contribution in [-0.4, -0.2) is 22.5 Å². The van der Waals surface area contributed by atoms with Crippen molar-refractivity contribution in [1.29, 1.82) is 0 Å². The smallest absolute Gasteiger partial charge is 0.222 e. The maximum Gasteiger partial charge on any atom is 0.222 e. The lowest BCUT2D eigenvalue weighted by molar-refractivity contribution is -0.117. The summed E-state index contributed by atoms with van der Waals surface area (Å²) in [6, 6.07) is 6.71. The fourth-order valence-corrected chi connectivity index (χ4v) is 3.02. The molecule has 1 saturated carbocycles. The molecular formula is C17H23FN2OS. The number of carbonyl (C=O) groups excluding carboxylic acids is 1. The van der Waals surface area contributed by atoms with E-state index in [9.17, 15) is 9.18 Å². The molecule has 22 heavy (non-hydrogen) atoms. The number of benzene rings is 1. The highest BCUT2D eigenvalue weighted by Gasteiger charge is 2.31. The summed E-state index contributed by atoms with van der Waals surface area (Å²) in [5, 5.41) is 3.19. The maximum absolute atomic E-state index is 13.2. The van der Waals surface area contributed by atoms with Gasteiger partial charge >= 0.3 is 0 Å². The van der Waals surface area contributed by atoms with Crippen LogP contribution in [0.3, 0.4) is 0 Å². The van der Waals surface area contributed by atoms with Crippen LogP contribution in [0.5, 0.6) is 0 Å². The van der Waals surface area contributed by atoms with E-state index in [0.29, 0.717) is 11.0 Å². The van der Waals surface area contributed by atoms with Gasteiger partial charge in [-0.25, -0.2) is 4.39 Å². The van der Waals surface area contributed by atoms with Crippen LogP contribution in [0.25, 0.3) is 0 Å². The lowest BCUT2D eigenvalue weighted by Gasteiger charge is -2.34. The van der Waals surface area contributed by atoms with E-state index in [-0.39, 0.29) is 17.8 Å². The van der Waals surface area contributed by atoms with Gasteiger partial charge in [-0.05, 0) is 48.7 Å². The van der Waals surface area contributed by atoms with Crippen molar-refractivity contribution in [1.82, 2.24) is 10.2 Å². The summed E-state index contributed by atoms with van der Waals surface area (Å²) in [6.07, 6.45) is 4.41. The number of hydrogen-bond donors (Lipinski definition) is 1. The van der Waals surface area contributed by atoms with Gasteiger partial charge in [-0.15, -0.1) is 0 Å². The molecule has 0 spiro atoms. The van der Waals surface area contributed by atoms with Crippen molar-refractivity contribution in [3.05, 3.63) is 35.6 Å². The van der Waals surface area contributed by atoms with Crippen molar-refractivity contribution in [3.8, 4) is 0 Å². The first-order valence-corrected chi connectivity index (χ1v) is 8.25. The zero-order valence-electron chi connectivity index (χ0n) is 13.1. The third kappa shape index (κ3) is 4.77. The fourth-order valence-electron chi connectivity index (χ4n) is 2.66. The molecule has 120 valence electrons. The quantitative estimate of drug-likeness (QED) is 0.809. The van der Waals surface area contributed by atoms with Crippen LogP contribution in [0.15, 0.2) is 24.3 Å². The minimum absolute atomic E-state index is 0.0902. The molecule has 1 aromatic carbocycles. The average molecular weight is 322 g/mol. The van der Waals surface area contributed by atoms with Gasteiger partial charge in [0.05, 0.1) is 6.04 Å². The molecule has 1 N–H and O–H groups in total. The largest absolute Gasteiger partial charge is 0.342 e. The number of nitrogens with one attached hydrogen (secondary N) is 1. The van der Waals surface area contributed by atoms with Crippen LogP contribution in [0.1, 0.15) is 51.1 Å². The topological polar surface area (TPSA) is 32.3 Å². The van der Waals surface area contributed by atoms with Crippen LogP contribution in [0, 0.1) is 11.7 Å². The Morgan fingerprint density at radius 1 is 1.41 bits per heavy atom. The van der Waals surface area contributed by atoms with Crippen LogP contribution >= 0.6 is 12.2 Å². The first kappa shape index (κ1) is 16.9. The Hall–Kier alpha value is -1.49. The number of halogens is 1. The molecule has 0 saturated heterocycles. The summed E-state index contributed by atoms with van der Waals surface area (Å²) in [5.41, 5.74) is 1.05. The van der Waals surface area contributed by atoms with Crippen molar-refractivity contribution in [2.45, 2.75) is 45.6 Å². The maximum atomic E-state index is 13.2. The summed E-state index contributed by atoms with van der Waals surface area (Å²) in [5.74, 6) is 0.310. The third-order valence-electron chi connectivity index (χ3n) is 3.89. The highest BCUT2D eigenvalue weighted by Crippen LogP contribution is 2.40. The number of carbonyl (C=O) groups is 1. The van der Waals surface area contributed by atoms with E-state index in [2.05, 4.69) is 17.1 Å². The van der Waals surface area contributed by atoms with Gasteiger partial charge in [0.2, 0.25) is 5.91 Å². The first-order valence-electron chi connectivity index (χ1n) is 7.85. The second-order valence-electron chi connectivity index (χ2n) is 5.93. The highest BCUT2D eigenvalue weighted by atomic mass is 32.1. The molecule has 0 bridgehead atoms. The minimum atomic E-state index is -0.236. The summed E-state index contributed by atoms with van der Waals surface area (Å²) in [4.78, 5) is 13.4. The van der Waals surface area contributed by atoms with Gasteiger partial charge in [0.1, 0.15) is 5.82 Å². The number of rotatable bonds is 6. The number of hydrogen-bond acceptors (Lipinski definition) is 2. The Morgan fingerprint density at radius 2 is 2.05 bits per heavy atom. The van der Waals surface area contributed by atoms with Crippen molar-refractivity contribution in [3.63, 3.8) is 0 Å². The molecule has 1 unspecified atom stereocenters. The molecule has 1 atom stereocenters. The first-order chi connectivity index (χ1) is 10.5. The van der Waals surface area contributed by atoms with Gasteiger partial charge in [0.15, 0.2) is 5.11 Å². The monoisotopic (exact) mass is 322 g/mol. The Balaban J connectivity index is 2.24. The highest BCUT2D eigenvalue weighted by molar-refractivity contribution is 7.80. The fraction of sp³-hybridized carbons (Fsp3) is 0.529. The van der Waals surface area contributed by atoms with E-state index in [4.69, 9.17) is 12.2 Å². The summed E-state index contributed by atoms with van der Waals surface area (Å²) in [7, 11) is 0. The second-order valence-corrected chi connectivity index (χ2v) is 6.31. The molecule has 1 aliphatic rings. The van der Waals surface area contributed by atoms with Crippen LogP contribution < -0.4 is 5.32 Å². The second kappa shape index (κ2) is 7.68. The normalized spacial score (nSPS) is 15.2. The Morgan fingerprint density at radius 3 is 2.55 bits per heavy atom. The average Bonchev–Trinajstić information content (AvgIpc) is 3.27. The van der Waals surface area contributed by atoms with E-state index >= 15 is 0 Å². The number of amides is 1. The van der Waals surface area contributed by atoms with Gasteiger partial charge in [0.25, 0.3) is 0 Å². The standard InChI is InChI=1S/C17H23FN2OS/c1-3-10-20(17(22)19-12(2)21)16(11-13-4-5-13)14-6-8-15(18)9-7-14/h6-9,13,16H,3-5,10-11H2,1-2H3,(H,19,21,22).